The molecule has 0 spiro atoms. The van der Waals surface area contributed by atoms with Gasteiger partial charge in [-0.3, -0.25) is 0 Å². The van der Waals surface area contributed by atoms with E-state index in [0.29, 0.717) is 0 Å². The van der Waals surface area contributed by atoms with E-state index in [2.05, 4.69) is 40.7 Å². The summed E-state index contributed by atoms with van der Waals surface area (Å²) in [6.45, 7) is 10.9. The summed E-state index contributed by atoms with van der Waals surface area (Å²) >= 11 is 0. The average molecular weight is 152 g/mol. The molecule has 0 aliphatic carbocycles. The van der Waals surface area contributed by atoms with Gasteiger partial charge in [-0.25, -0.2) is 0 Å². The summed E-state index contributed by atoms with van der Waals surface area (Å²) in [5, 5.41) is 0. The summed E-state index contributed by atoms with van der Waals surface area (Å²) in [4.78, 5) is 0. The van der Waals surface area contributed by atoms with E-state index < -0.39 is 0 Å². The van der Waals surface area contributed by atoms with Crippen molar-refractivity contribution < 1.29 is 0 Å². The number of hydrogen-bond donors (Lipinski definition) is 0. The Balaban J connectivity index is 4.19. The minimum Gasteiger partial charge on any atom is -0.0735 e. The highest BCUT2D eigenvalue weighted by Crippen LogP contribution is 2.10. The van der Waals surface area contributed by atoms with Crippen LogP contribution in [0.15, 0.2) is 22.8 Å². The lowest BCUT2D eigenvalue weighted by atomic mass is 10.1. The van der Waals surface area contributed by atoms with Gasteiger partial charge in [0.1, 0.15) is 0 Å². The maximum atomic E-state index is 2.29. The first-order valence-corrected chi connectivity index (χ1v) is 4.39. The molecule has 0 atom stereocenters. The van der Waals surface area contributed by atoms with Crippen molar-refractivity contribution in [3.63, 3.8) is 0 Å². The molecule has 0 amide bonds. The van der Waals surface area contributed by atoms with Crippen molar-refractivity contribution in [1.29, 1.82) is 0 Å². The van der Waals surface area contributed by atoms with Gasteiger partial charge in [0, 0.05) is 0 Å². The van der Waals surface area contributed by atoms with Crippen molar-refractivity contribution in [2.45, 2.75) is 47.5 Å². The number of rotatable bonds is 3. The van der Waals surface area contributed by atoms with Crippen LogP contribution in [-0.2, 0) is 0 Å². The Bertz CT molecular complexity index is 166. The van der Waals surface area contributed by atoms with Gasteiger partial charge >= 0.3 is 0 Å². The highest BCUT2D eigenvalue weighted by Gasteiger charge is 1.89. The second kappa shape index (κ2) is 5.17. The summed E-state index contributed by atoms with van der Waals surface area (Å²) in [7, 11) is 0. The van der Waals surface area contributed by atoms with E-state index in [0.717, 1.165) is 0 Å². The molecule has 0 aromatic carbocycles. The summed E-state index contributed by atoms with van der Waals surface area (Å²) in [5.74, 6) is 0. The normalized spacial score (nSPS) is 11.5. The zero-order valence-corrected chi connectivity index (χ0v) is 8.49. The molecule has 0 unspecified atom stereocenters. The Morgan fingerprint density at radius 1 is 1.09 bits per heavy atom. The van der Waals surface area contributed by atoms with Gasteiger partial charge in [-0.2, -0.15) is 0 Å². The van der Waals surface area contributed by atoms with E-state index >= 15 is 0 Å². The van der Waals surface area contributed by atoms with Crippen LogP contribution in [0.25, 0.3) is 0 Å². The lowest BCUT2D eigenvalue weighted by molar-refractivity contribution is 0.903. The predicted octanol–water partition coefficient (Wildman–Crippen LogP) is 4.09. The first kappa shape index (κ1) is 10.5. The van der Waals surface area contributed by atoms with Crippen molar-refractivity contribution in [3.8, 4) is 0 Å². The van der Waals surface area contributed by atoms with E-state index in [1.54, 1.807) is 0 Å². The molecule has 0 saturated carbocycles. The topological polar surface area (TPSA) is 0 Å². The lowest BCUT2D eigenvalue weighted by Gasteiger charge is -2.00. The van der Waals surface area contributed by atoms with Gasteiger partial charge in [-0.15, -0.1) is 0 Å². The van der Waals surface area contributed by atoms with Crippen molar-refractivity contribution >= 4 is 0 Å². The number of hydrogen-bond acceptors (Lipinski definition) is 0. The minimum atomic E-state index is 1.23. The molecule has 0 N–H and O–H groups in total. The van der Waals surface area contributed by atoms with Crippen molar-refractivity contribution in [2.75, 3.05) is 0 Å². The van der Waals surface area contributed by atoms with Gasteiger partial charge in [-0.1, -0.05) is 36.1 Å². The molecule has 0 rings (SSSR count). The molecule has 0 bridgehead atoms. The fourth-order valence-corrected chi connectivity index (χ4v) is 0.980. The van der Waals surface area contributed by atoms with Crippen LogP contribution in [0.2, 0.25) is 0 Å². The molecule has 0 fully saturated rings. The highest BCUT2D eigenvalue weighted by molar-refractivity contribution is 5.24. The van der Waals surface area contributed by atoms with Gasteiger partial charge in [0.25, 0.3) is 0 Å². The Morgan fingerprint density at radius 3 is 2.00 bits per heavy atom. The summed E-state index contributed by atoms with van der Waals surface area (Å²) in [6.07, 6.45) is 4.77. The van der Waals surface area contributed by atoms with E-state index in [9.17, 15) is 0 Å². The van der Waals surface area contributed by atoms with E-state index in [1.165, 1.54) is 29.6 Å². The second-order valence-corrected chi connectivity index (χ2v) is 3.42. The van der Waals surface area contributed by atoms with E-state index in [4.69, 9.17) is 0 Å². The quantitative estimate of drug-likeness (QED) is 0.534. The highest BCUT2D eigenvalue weighted by atomic mass is 14.0. The Morgan fingerprint density at radius 2 is 1.64 bits per heavy atom. The lowest BCUT2D eigenvalue weighted by Crippen LogP contribution is -1.79. The van der Waals surface area contributed by atoms with Crippen LogP contribution in [-0.4, -0.2) is 0 Å². The largest absolute Gasteiger partial charge is 0.0735 e. The van der Waals surface area contributed by atoms with Gasteiger partial charge in [0.2, 0.25) is 0 Å². The molecule has 0 aromatic rings. The summed E-state index contributed by atoms with van der Waals surface area (Å²) < 4.78 is 0. The molecule has 0 aliphatic rings. The third kappa shape index (κ3) is 4.83. The zero-order valence-electron chi connectivity index (χ0n) is 8.49. The predicted molar refractivity (Wildman–Crippen MR) is 52.7 cm³/mol. The minimum absolute atomic E-state index is 1.23. The Hall–Kier alpha value is -0.520. The van der Waals surface area contributed by atoms with Gasteiger partial charge < -0.3 is 0 Å². The molecule has 0 aliphatic heterocycles. The van der Waals surface area contributed by atoms with Crippen molar-refractivity contribution in [2.24, 2.45) is 0 Å². The second-order valence-electron chi connectivity index (χ2n) is 3.42. The van der Waals surface area contributed by atoms with Crippen molar-refractivity contribution in [3.05, 3.63) is 22.8 Å². The molecule has 0 radical (unpaired) electrons. The monoisotopic (exact) mass is 152 g/mol. The molecule has 0 heteroatoms. The van der Waals surface area contributed by atoms with Crippen LogP contribution in [0.1, 0.15) is 47.5 Å². The van der Waals surface area contributed by atoms with Crippen LogP contribution in [0.5, 0.6) is 0 Å². The summed E-state index contributed by atoms with van der Waals surface area (Å²) in [6, 6.07) is 0. The van der Waals surface area contributed by atoms with Crippen LogP contribution < -0.4 is 0 Å². The Kier molecular flexibility index (Phi) is 4.93. The first-order valence-electron chi connectivity index (χ1n) is 4.39. The molecular weight excluding hydrogens is 132 g/mol. The van der Waals surface area contributed by atoms with Crippen LogP contribution in [0, 0.1) is 0 Å². The number of allylic oxidation sites excluding steroid dienone is 4. The third-order valence-electron chi connectivity index (χ3n) is 1.90. The molecule has 0 aromatic heterocycles. The third-order valence-corrected chi connectivity index (χ3v) is 1.90. The van der Waals surface area contributed by atoms with Crippen LogP contribution in [0.4, 0.5) is 0 Å². The van der Waals surface area contributed by atoms with Crippen LogP contribution in [0.3, 0.4) is 0 Å². The fourth-order valence-electron chi connectivity index (χ4n) is 0.980. The van der Waals surface area contributed by atoms with Gasteiger partial charge in [-0.05, 0) is 34.1 Å². The summed E-state index contributed by atoms with van der Waals surface area (Å²) in [5.41, 5.74) is 4.32. The maximum absolute atomic E-state index is 2.29. The maximum Gasteiger partial charge on any atom is -0.0322 e. The van der Waals surface area contributed by atoms with Crippen molar-refractivity contribution in [1.82, 2.24) is 0 Å². The zero-order chi connectivity index (χ0) is 8.85. The molecule has 0 heterocycles. The van der Waals surface area contributed by atoms with E-state index in [1.807, 2.05) is 0 Å². The molecule has 0 saturated heterocycles. The molecule has 64 valence electrons. The SMILES string of the molecule is CCCC(C)=CC(C)=C(C)C. The molecule has 11 heavy (non-hydrogen) atoms. The smallest absolute Gasteiger partial charge is 0.0322 e. The fraction of sp³-hybridized carbons (Fsp3) is 0.636. The standard InChI is InChI=1S/C11H20/c1-6-7-10(4)8-11(5)9(2)3/h8H,6-7H2,1-5H3. The van der Waals surface area contributed by atoms with Gasteiger partial charge in [0.05, 0.1) is 0 Å². The van der Waals surface area contributed by atoms with Crippen LogP contribution >= 0.6 is 0 Å². The first-order chi connectivity index (χ1) is 5.07. The Labute approximate surface area is 71.0 Å². The molecule has 0 nitrogen and oxygen atoms in total. The average Bonchev–Trinajstić information content (AvgIpc) is 1.87. The molecular formula is C11H20. The van der Waals surface area contributed by atoms with E-state index in [-0.39, 0.29) is 0 Å². The van der Waals surface area contributed by atoms with Gasteiger partial charge in [0.15, 0.2) is 0 Å².